The lowest BCUT2D eigenvalue weighted by Gasteiger charge is -2.21. The number of para-hydroxylation sites is 2. The van der Waals surface area contributed by atoms with Crippen LogP contribution in [0, 0.1) is 11.8 Å². The molecule has 0 amide bonds. The lowest BCUT2D eigenvalue weighted by atomic mass is 9.93. The van der Waals surface area contributed by atoms with Gasteiger partial charge in [0, 0.05) is 13.7 Å². The molecule has 0 saturated heterocycles. The zero-order valence-corrected chi connectivity index (χ0v) is 13.7. The van der Waals surface area contributed by atoms with Crippen molar-refractivity contribution in [2.45, 2.75) is 20.3 Å². The van der Waals surface area contributed by atoms with Crippen molar-refractivity contribution in [1.82, 2.24) is 5.32 Å². The van der Waals surface area contributed by atoms with Gasteiger partial charge in [-0.05, 0) is 36.9 Å². The van der Waals surface area contributed by atoms with Gasteiger partial charge in [0.05, 0.1) is 20.3 Å². The van der Waals surface area contributed by atoms with Gasteiger partial charge in [0.1, 0.15) is 0 Å². The maximum absolute atomic E-state index is 5.86. The zero-order valence-electron chi connectivity index (χ0n) is 13.7. The molecule has 1 aromatic rings. The molecule has 0 aliphatic rings. The van der Waals surface area contributed by atoms with Gasteiger partial charge < -0.3 is 19.5 Å². The number of ether oxygens (including phenoxy) is 3. The normalized spacial score (nSPS) is 12.4. The fraction of sp³-hybridized carbons (Fsp3) is 0.647. The van der Waals surface area contributed by atoms with Crippen LogP contribution in [-0.4, -0.2) is 40.5 Å². The van der Waals surface area contributed by atoms with Crippen molar-refractivity contribution in [3.05, 3.63) is 24.3 Å². The van der Waals surface area contributed by atoms with Crippen LogP contribution in [-0.2, 0) is 4.74 Å². The van der Waals surface area contributed by atoms with Crippen molar-refractivity contribution in [1.29, 1.82) is 0 Å². The predicted molar refractivity (Wildman–Crippen MR) is 86.2 cm³/mol. The van der Waals surface area contributed by atoms with E-state index in [0.717, 1.165) is 37.6 Å². The summed E-state index contributed by atoms with van der Waals surface area (Å²) in [6, 6.07) is 7.77. The molecule has 0 saturated carbocycles. The van der Waals surface area contributed by atoms with Crippen LogP contribution in [0.4, 0.5) is 0 Å². The molecule has 21 heavy (non-hydrogen) atoms. The fourth-order valence-electron chi connectivity index (χ4n) is 2.19. The van der Waals surface area contributed by atoms with Gasteiger partial charge >= 0.3 is 0 Å². The van der Waals surface area contributed by atoms with E-state index >= 15 is 0 Å². The smallest absolute Gasteiger partial charge is 0.161 e. The third-order valence-electron chi connectivity index (χ3n) is 3.65. The Kier molecular flexibility index (Phi) is 8.87. The number of benzene rings is 1. The van der Waals surface area contributed by atoms with Crippen molar-refractivity contribution < 1.29 is 14.2 Å². The molecule has 4 nitrogen and oxygen atoms in total. The molecule has 0 bridgehead atoms. The van der Waals surface area contributed by atoms with E-state index in [9.17, 15) is 0 Å². The van der Waals surface area contributed by atoms with Gasteiger partial charge in [0.15, 0.2) is 11.5 Å². The Morgan fingerprint density at radius 1 is 1.05 bits per heavy atom. The van der Waals surface area contributed by atoms with E-state index in [1.54, 1.807) is 14.2 Å². The van der Waals surface area contributed by atoms with Crippen LogP contribution in [0.1, 0.15) is 20.3 Å². The molecule has 0 aliphatic heterocycles. The summed E-state index contributed by atoms with van der Waals surface area (Å²) < 4.78 is 16.2. The molecule has 120 valence electrons. The molecule has 0 aromatic heterocycles. The highest BCUT2D eigenvalue weighted by Gasteiger charge is 2.13. The summed E-state index contributed by atoms with van der Waals surface area (Å²) in [7, 11) is 3.39. The first-order valence-corrected chi connectivity index (χ1v) is 7.64. The number of rotatable bonds is 11. The van der Waals surface area contributed by atoms with Crippen LogP contribution in [0.25, 0.3) is 0 Å². The monoisotopic (exact) mass is 295 g/mol. The van der Waals surface area contributed by atoms with Gasteiger partial charge in [-0.15, -0.1) is 0 Å². The predicted octanol–water partition coefficient (Wildman–Crippen LogP) is 2.97. The second kappa shape index (κ2) is 10.5. The first-order chi connectivity index (χ1) is 10.2. The summed E-state index contributed by atoms with van der Waals surface area (Å²) in [6.07, 6.45) is 1.02. The summed E-state index contributed by atoms with van der Waals surface area (Å²) >= 11 is 0. The van der Waals surface area contributed by atoms with Crippen molar-refractivity contribution >= 4 is 0 Å². The second-order valence-corrected chi connectivity index (χ2v) is 5.49. The quantitative estimate of drug-likeness (QED) is 0.637. The minimum absolute atomic E-state index is 0.594. The summed E-state index contributed by atoms with van der Waals surface area (Å²) in [5.41, 5.74) is 0. The van der Waals surface area contributed by atoms with Gasteiger partial charge in [0.2, 0.25) is 0 Å². The summed E-state index contributed by atoms with van der Waals surface area (Å²) in [5.74, 6) is 2.82. The van der Waals surface area contributed by atoms with Gasteiger partial charge in [-0.3, -0.25) is 0 Å². The maximum atomic E-state index is 5.86. The number of hydrogen-bond acceptors (Lipinski definition) is 4. The highest BCUT2D eigenvalue weighted by atomic mass is 16.5. The van der Waals surface area contributed by atoms with Crippen LogP contribution in [0.15, 0.2) is 24.3 Å². The SMILES string of the molecule is COCCNCC(CCOc1ccccc1OC)C(C)C. The Balaban J connectivity index is 2.36. The molecule has 0 aliphatic carbocycles. The summed E-state index contributed by atoms with van der Waals surface area (Å²) in [6.45, 7) is 7.86. The fourth-order valence-corrected chi connectivity index (χ4v) is 2.19. The van der Waals surface area contributed by atoms with E-state index in [0.29, 0.717) is 18.4 Å². The third kappa shape index (κ3) is 6.82. The molecule has 1 unspecified atom stereocenters. The first kappa shape index (κ1) is 17.8. The van der Waals surface area contributed by atoms with Crippen LogP contribution in [0.2, 0.25) is 0 Å². The largest absolute Gasteiger partial charge is 0.493 e. The lowest BCUT2D eigenvalue weighted by molar-refractivity contribution is 0.191. The molecule has 0 heterocycles. The molecular weight excluding hydrogens is 266 g/mol. The van der Waals surface area contributed by atoms with Crippen LogP contribution in [0.5, 0.6) is 11.5 Å². The Morgan fingerprint density at radius 2 is 1.76 bits per heavy atom. The second-order valence-electron chi connectivity index (χ2n) is 5.49. The maximum Gasteiger partial charge on any atom is 0.161 e. The number of nitrogens with one attached hydrogen (secondary N) is 1. The summed E-state index contributed by atoms with van der Waals surface area (Å²) in [5, 5.41) is 3.43. The van der Waals surface area contributed by atoms with Crippen molar-refractivity contribution in [2.75, 3.05) is 40.5 Å². The molecule has 1 N–H and O–H groups in total. The van der Waals surface area contributed by atoms with Crippen molar-refractivity contribution in [3.63, 3.8) is 0 Å². The molecular formula is C17H29NO3. The van der Waals surface area contributed by atoms with Crippen molar-refractivity contribution in [2.24, 2.45) is 11.8 Å². The van der Waals surface area contributed by atoms with Gasteiger partial charge in [-0.2, -0.15) is 0 Å². The Morgan fingerprint density at radius 3 is 2.38 bits per heavy atom. The first-order valence-electron chi connectivity index (χ1n) is 7.64. The topological polar surface area (TPSA) is 39.7 Å². The average molecular weight is 295 g/mol. The van der Waals surface area contributed by atoms with Gasteiger partial charge in [0.25, 0.3) is 0 Å². The van der Waals surface area contributed by atoms with E-state index < -0.39 is 0 Å². The standard InChI is InChI=1S/C17H29NO3/c1-14(2)15(13-18-10-12-19-3)9-11-21-17-8-6-5-7-16(17)20-4/h5-8,14-15,18H,9-13H2,1-4H3. The highest BCUT2D eigenvalue weighted by molar-refractivity contribution is 5.39. The lowest BCUT2D eigenvalue weighted by Crippen LogP contribution is -2.29. The Labute approximate surface area is 128 Å². The van der Waals surface area contributed by atoms with E-state index in [1.165, 1.54) is 0 Å². The van der Waals surface area contributed by atoms with Gasteiger partial charge in [-0.25, -0.2) is 0 Å². The van der Waals surface area contributed by atoms with Crippen molar-refractivity contribution in [3.8, 4) is 11.5 Å². The van der Waals surface area contributed by atoms with E-state index in [2.05, 4.69) is 19.2 Å². The van der Waals surface area contributed by atoms with E-state index in [1.807, 2.05) is 24.3 Å². The number of hydrogen-bond donors (Lipinski definition) is 1. The molecule has 1 atom stereocenters. The molecule has 0 radical (unpaired) electrons. The Bertz CT molecular complexity index is 382. The summed E-state index contributed by atoms with van der Waals surface area (Å²) in [4.78, 5) is 0. The molecule has 1 aromatic carbocycles. The number of methoxy groups -OCH3 is 2. The minimum Gasteiger partial charge on any atom is -0.493 e. The molecule has 4 heteroatoms. The highest BCUT2D eigenvalue weighted by Crippen LogP contribution is 2.26. The molecule has 1 rings (SSSR count). The minimum atomic E-state index is 0.594. The Hall–Kier alpha value is -1.26. The zero-order chi connectivity index (χ0) is 15.5. The van der Waals surface area contributed by atoms with Crippen LogP contribution < -0.4 is 14.8 Å². The van der Waals surface area contributed by atoms with Crippen LogP contribution in [0.3, 0.4) is 0 Å². The van der Waals surface area contributed by atoms with E-state index in [-0.39, 0.29) is 0 Å². The average Bonchev–Trinajstić information content (AvgIpc) is 2.49. The third-order valence-corrected chi connectivity index (χ3v) is 3.65. The van der Waals surface area contributed by atoms with E-state index in [4.69, 9.17) is 14.2 Å². The molecule has 0 fully saturated rings. The molecule has 0 spiro atoms. The van der Waals surface area contributed by atoms with Gasteiger partial charge in [-0.1, -0.05) is 26.0 Å². The van der Waals surface area contributed by atoms with Crippen LogP contribution >= 0.6 is 0 Å².